The zero-order chi connectivity index (χ0) is 17.3. The van der Waals surface area contributed by atoms with E-state index in [9.17, 15) is 9.59 Å². The summed E-state index contributed by atoms with van der Waals surface area (Å²) in [4.78, 5) is 25.6. The summed E-state index contributed by atoms with van der Waals surface area (Å²) >= 11 is 0. The topological polar surface area (TPSA) is 52.6 Å². The molecule has 0 aromatic carbocycles. The summed E-state index contributed by atoms with van der Waals surface area (Å²) in [6.45, 7) is 3.84. The highest BCUT2D eigenvalue weighted by molar-refractivity contribution is 5.78. The first-order valence-corrected chi connectivity index (χ1v) is 10.1. The molecule has 5 rings (SSSR count). The SMILES string of the molecule is CC(C)(OC(=O)C1CC2C=CC1C2)C1C(=O)OC2CC1C1CCCC21. The van der Waals surface area contributed by atoms with Crippen molar-refractivity contribution in [1.29, 1.82) is 0 Å². The molecule has 8 unspecified atom stereocenters. The Morgan fingerprint density at radius 2 is 1.92 bits per heavy atom. The van der Waals surface area contributed by atoms with Gasteiger partial charge in [0.1, 0.15) is 11.7 Å². The van der Waals surface area contributed by atoms with Gasteiger partial charge in [-0.2, -0.15) is 0 Å². The fraction of sp³-hybridized carbons (Fsp3) is 0.810. The number of fused-ring (bicyclic) bond motifs is 7. The summed E-state index contributed by atoms with van der Waals surface area (Å²) in [6, 6.07) is 0. The van der Waals surface area contributed by atoms with Gasteiger partial charge >= 0.3 is 11.9 Å². The van der Waals surface area contributed by atoms with Gasteiger partial charge in [0.2, 0.25) is 0 Å². The van der Waals surface area contributed by atoms with Gasteiger partial charge in [0.05, 0.1) is 11.8 Å². The molecule has 0 aromatic rings. The van der Waals surface area contributed by atoms with E-state index in [0.29, 0.717) is 29.6 Å². The normalized spacial score (nSPS) is 47.0. The predicted octanol–water partition coefficient (Wildman–Crippen LogP) is 3.50. The Bertz CT molecular complexity index is 636. The smallest absolute Gasteiger partial charge is 0.313 e. The molecule has 0 spiro atoms. The Morgan fingerprint density at radius 1 is 1.12 bits per heavy atom. The lowest BCUT2D eigenvalue weighted by atomic mass is 9.73. The van der Waals surface area contributed by atoms with Crippen LogP contribution in [0.4, 0.5) is 0 Å². The van der Waals surface area contributed by atoms with Gasteiger partial charge in [-0.15, -0.1) is 0 Å². The van der Waals surface area contributed by atoms with Crippen LogP contribution in [-0.4, -0.2) is 23.6 Å². The van der Waals surface area contributed by atoms with Crippen LogP contribution < -0.4 is 0 Å². The number of hydrogen-bond acceptors (Lipinski definition) is 4. The molecule has 0 aromatic heterocycles. The lowest BCUT2D eigenvalue weighted by molar-refractivity contribution is -0.187. The second-order valence-corrected chi connectivity index (χ2v) is 9.52. The highest BCUT2D eigenvalue weighted by Gasteiger charge is 2.60. The largest absolute Gasteiger partial charge is 0.462 e. The third-order valence-electron chi connectivity index (χ3n) is 7.80. The van der Waals surface area contributed by atoms with E-state index in [1.807, 2.05) is 13.8 Å². The van der Waals surface area contributed by atoms with E-state index in [0.717, 1.165) is 19.3 Å². The molecule has 4 nitrogen and oxygen atoms in total. The van der Waals surface area contributed by atoms with Crippen LogP contribution >= 0.6 is 0 Å². The average Bonchev–Trinajstić information content (AvgIpc) is 3.30. The second kappa shape index (κ2) is 5.34. The van der Waals surface area contributed by atoms with E-state index in [-0.39, 0.29) is 29.9 Å². The number of rotatable bonds is 3. The van der Waals surface area contributed by atoms with Gasteiger partial charge in [0.25, 0.3) is 0 Å². The van der Waals surface area contributed by atoms with Crippen molar-refractivity contribution in [2.75, 3.05) is 0 Å². The Hall–Kier alpha value is -1.32. The van der Waals surface area contributed by atoms with Crippen molar-refractivity contribution >= 4 is 11.9 Å². The molecule has 3 saturated carbocycles. The van der Waals surface area contributed by atoms with Crippen LogP contribution in [0.15, 0.2) is 12.2 Å². The van der Waals surface area contributed by atoms with Crippen molar-refractivity contribution in [3.8, 4) is 0 Å². The number of allylic oxidation sites excluding steroid dienone is 2. The average molecular weight is 344 g/mol. The minimum Gasteiger partial charge on any atom is -0.462 e. The summed E-state index contributed by atoms with van der Waals surface area (Å²) < 4.78 is 11.8. The monoisotopic (exact) mass is 344 g/mol. The van der Waals surface area contributed by atoms with Crippen molar-refractivity contribution < 1.29 is 19.1 Å². The maximum Gasteiger partial charge on any atom is 0.313 e. The summed E-state index contributed by atoms with van der Waals surface area (Å²) in [6.07, 6.45) is 11.1. The van der Waals surface area contributed by atoms with Crippen LogP contribution in [0.2, 0.25) is 0 Å². The number of carbonyl (C=O) groups is 2. The molecule has 0 radical (unpaired) electrons. The lowest BCUT2D eigenvalue weighted by Gasteiger charge is -2.40. The molecule has 0 N–H and O–H groups in total. The number of ether oxygens (including phenoxy) is 2. The van der Waals surface area contributed by atoms with Crippen molar-refractivity contribution in [3.63, 3.8) is 0 Å². The first kappa shape index (κ1) is 15.9. The summed E-state index contributed by atoms with van der Waals surface area (Å²) in [5.74, 6) is 1.73. The molecule has 1 saturated heterocycles. The molecule has 0 amide bonds. The third kappa shape index (κ3) is 2.32. The van der Waals surface area contributed by atoms with Crippen LogP contribution in [0.1, 0.15) is 52.4 Å². The fourth-order valence-corrected chi connectivity index (χ4v) is 6.79. The first-order valence-electron chi connectivity index (χ1n) is 10.1. The summed E-state index contributed by atoms with van der Waals surface area (Å²) in [5, 5.41) is 0. The summed E-state index contributed by atoms with van der Waals surface area (Å²) in [5.41, 5.74) is -0.785. The Morgan fingerprint density at radius 3 is 2.64 bits per heavy atom. The van der Waals surface area contributed by atoms with Crippen LogP contribution in [0.5, 0.6) is 0 Å². The quantitative estimate of drug-likeness (QED) is 0.581. The fourth-order valence-electron chi connectivity index (χ4n) is 6.79. The molecular weight excluding hydrogens is 316 g/mol. The second-order valence-electron chi connectivity index (χ2n) is 9.52. The molecule has 1 heterocycles. The van der Waals surface area contributed by atoms with E-state index >= 15 is 0 Å². The number of carbonyl (C=O) groups excluding carboxylic acids is 2. The number of hydrogen-bond donors (Lipinski definition) is 0. The van der Waals surface area contributed by atoms with Crippen LogP contribution in [-0.2, 0) is 19.1 Å². The van der Waals surface area contributed by atoms with E-state index in [1.54, 1.807) is 0 Å². The van der Waals surface area contributed by atoms with Gasteiger partial charge in [-0.1, -0.05) is 18.6 Å². The Balaban J connectivity index is 1.35. The van der Waals surface area contributed by atoms with Crippen molar-refractivity contribution in [2.45, 2.75) is 64.1 Å². The van der Waals surface area contributed by atoms with Crippen LogP contribution in [0, 0.1) is 41.4 Å². The van der Waals surface area contributed by atoms with E-state index in [2.05, 4.69) is 12.2 Å². The van der Waals surface area contributed by atoms with Crippen molar-refractivity contribution in [3.05, 3.63) is 12.2 Å². The Kier molecular flexibility index (Phi) is 3.40. The maximum atomic E-state index is 12.8. The zero-order valence-electron chi connectivity index (χ0n) is 15.1. The van der Waals surface area contributed by atoms with Gasteiger partial charge in [-0.05, 0) is 75.5 Å². The highest BCUT2D eigenvalue weighted by Crippen LogP contribution is 2.56. The molecule has 4 aliphatic carbocycles. The summed E-state index contributed by atoms with van der Waals surface area (Å²) in [7, 11) is 0. The predicted molar refractivity (Wildman–Crippen MR) is 91.3 cm³/mol. The molecule has 8 atom stereocenters. The van der Waals surface area contributed by atoms with E-state index < -0.39 is 5.60 Å². The maximum absolute atomic E-state index is 12.8. The van der Waals surface area contributed by atoms with Gasteiger partial charge in [-0.25, -0.2) is 0 Å². The van der Waals surface area contributed by atoms with Crippen LogP contribution in [0.3, 0.4) is 0 Å². The lowest BCUT2D eigenvalue weighted by Crippen LogP contribution is -2.49. The van der Waals surface area contributed by atoms with Gasteiger partial charge < -0.3 is 9.47 Å². The third-order valence-corrected chi connectivity index (χ3v) is 7.80. The minimum atomic E-state index is -0.785. The molecule has 1 aliphatic heterocycles. The van der Waals surface area contributed by atoms with Crippen LogP contribution in [0.25, 0.3) is 0 Å². The molecule has 5 aliphatic rings. The zero-order valence-corrected chi connectivity index (χ0v) is 15.1. The highest BCUT2D eigenvalue weighted by atomic mass is 16.6. The molecule has 4 bridgehead atoms. The van der Waals surface area contributed by atoms with Crippen molar-refractivity contribution in [2.24, 2.45) is 41.4 Å². The minimum absolute atomic E-state index is 0.0237. The molecule has 25 heavy (non-hydrogen) atoms. The van der Waals surface area contributed by atoms with Gasteiger partial charge in [-0.3, -0.25) is 9.59 Å². The first-order chi connectivity index (χ1) is 11.9. The molecule has 136 valence electrons. The number of esters is 2. The Labute approximate surface area is 149 Å². The van der Waals surface area contributed by atoms with Crippen molar-refractivity contribution in [1.82, 2.24) is 0 Å². The molecular formula is C21H28O4. The van der Waals surface area contributed by atoms with E-state index in [1.165, 1.54) is 19.3 Å². The van der Waals surface area contributed by atoms with E-state index in [4.69, 9.17) is 9.47 Å². The molecule has 4 fully saturated rings. The van der Waals surface area contributed by atoms with Gasteiger partial charge in [0.15, 0.2) is 0 Å². The molecule has 4 heteroatoms. The standard InChI is InChI=1S/C21H28O4/c1-21(2,25-19(22)15-9-11-6-7-12(15)8-11)18-16-10-17(24-20(18)23)14-5-3-4-13(14)16/h6-7,11-18H,3-5,8-10H2,1-2H3. The van der Waals surface area contributed by atoms with Gasteiger partial charge in [0, 0.05) is 0 Å².